The number of thiazole rings is 1. The van der Waals surface area contributed by atoms with Gasteiger partial charge in [0.05, 0.1) is 30.1 Å². The lowest BCUT2D eigenvalue weighted by Crippen LogP contribution is -2.57. The molecule has 6 heteroatoms. The molecule has 4 rings (SSSR count). The molecular formula is C19H25N3O2S. The first kappa shape index (κ1) is 16.9. The van der Waals surface area contributed by atoms with E-state index in [0.717, 1.165) is 56.9 Å². The van der Waals surface area contributed by atoms with E-state index < -0.39 is 0 Å². The topological polar surface area (TPSA) is 47.5 Å². The molecule has 0 spiro atoms. The van der Waals surface area contributed by atoms with Crippen LogP contribution in [0.25, 0.3) is 0 Å². The van der Waals surface area contributed by atoms with Gasteiger partial charge < -0.3 is 9.47 Å². The number of aryl methyl sites for hydroxylation is 1. The third kappa shape index (κ3) is 3.71. The summed E-state index contributed by atoms with van der Waals surface area (Å²) in [5.74, 6) is 0.844. The summed E-state index contributed by atoms with van der Waals surface area (Å²) in [7, 11) is 0. The predicted octanol–water partition coefficient (Wildman–Crippen LogP) is 3.30. The molecule has 134 valence electrons. The van der Waals surface area contributed by atoms with Gasteiger partial charge in [0, 0.05) is 42.7 Å². The Kier molecular flexibility index (Phi) is 5.01. The zero-order chi connectivity index (χ0) is 17.1. The highest BCUT2D eigenvalue weighted by atomic mass is 32.1. The molecule has 25 heavy (non-hydrogen) atoms. The summed E-state index contributed by atoms with van der Waals surface area (Å²) in [5.41, 5.74) is 3.18. The molecule has 0 aromatic carbocycles. The Bertz CT molecular complexity index is 693. The maximum atomic E-state index is 6.15. The normalized spacial score (nSPS) is 27.0. The minimum Gasteiger partial charge on any atom is -0.491 e. The highest BCUT2D eigenvalue weighted by Crippen LogP contribution is 2.41. The first-order chi connectivity index (χ1) is 12.3. The number of hydrogen-bond donors (Lipinski definition) is 0. The number of pyridine rings is 1. The van der Waals surface area contributed by atoms with E-state index in [-0.39, 0.29) is 5.41 Å². The first-order valence-corrected chi connectivity index (χ1v) is 9.89. The van der Waals surface area contributed by atoms with Crippen LogP contribution in [0, 0.1) is 12.3 Å². The highest BCUT2D eigenvalue weighted by Gasteiger charge is 2.46. The minimum absolute atomic E-state index is 0.0743. The molecule has 0 amide bonds. The summed E-state index contributed by atoms with van der Waals surface area (Å²) in [4.78, 5) is 12.5. The quantitative estimate of drug-likeness (QED) is 0.820. The number of rotatable bonds is 5. The van der Waals surface area contributed by atoms with Crippen LogP contribution in [0.15, 0.2) is 30.0 Å². The van der Waals surface area contributed by atoms with Gasteiger partial charge in [0.2, 0.25) is 0 Å². The van der Waals surface area contributed by atoms with Gasteiger partial charge in [0.15, 0.2) is 0 Å². The molecule has 0 aliphatic carbocycles. The van der Waals surface area contributed by atoms with Gasteiger partial charge >= 0.3 is 0 Å². The van der Waals surface area contributed by atoms with E-state index in [4.69, 9.17) is 9.47 Å². The van der Waals surface area contributed by atoms with Crippen molar-refractivity contribution in [2.24, 2.45) is 5.41 Å². The average molecular weight is 359 g/mol. The van der Waals surface area contributed by atoms with E-state index in [0.29, 0.717) is 12.7 Å². The molecule has 2 atom stereocenters. The molecule has 0 radical (unpaired) electrons. The van der Waals surface area contributed by atoms with Crippen molar-refractivity contribution in [2.75, 3.05) is 26.3 Å². The second-order valence-electron chi connectivity index (χ2n) is 7.16. The predicted molar refractivity (Wildman–Crippen MR) is 97.9 cm³/mol. The molecule has 2 aromatic heterocycles. The molecule has 2 aromatic rings. The number of ether oxygens (including phenoxy) is 2. The largest absolute Gasteiger partial charge is 0.491 e. The third-order valence-electron chi connectivity index (χ3n) is 5.44. The van der Waals surface area contributed by atoms with Gasteiger partial charge in [-0.05, 0) is 38.3 Å². The minimum atomic E-state index is 0.0743. The second kappa shape index (κ2) is 7.40. The van der Waals surface area contributed by atoms with Crippen LogP contribution < -0.4 is 4.74 Å². The second-order valence-corrected chi connectivity index (χ2v) is 8.10. The summed E-state index contributed by atoms with van der Waals surface area (Å²) >= 11 is 1.76. The van der Waals surface area contributed by atoms with Crippen LogP contribution in [0.2, 0.25) is 0 Å². The lowest BCUT2D eigenvalue weighted by atomic mass is 9.73. The van der Waals surface area contributed by atoms with Gasteiger partial charge in [-0.2, -0.15) is 0 Å². The van der Waals surface area contributed by atoms with Crippen molar-refractivity contribution >= 4 is 11.3 Å². The van der Waals surface area contributed by atoms with Crippen LogP contribution in [-0.2, 0) is 11.3 Å². The van der Waals surface area contributed by atoms with E-state index in [1.54, 1.807) is 23.7 Å². The van der Waals surface area contributed by atoms with Gasteiger partial charge in [-0.1, -0.05) is 0 Å². The highest BCUT2D eigenvalue weighted by molar-refractivity contribution is 7.09. The Morgan fingerprint density at radius 2 is 2.44 bits per heavy atom. The van der Waals surface area contributed by atoms with Crippen LogP contribution in [0.4, 0.5) is 0 Å². The molecule has 0 saturated carbocycles. The molecule has 2 fully saturated rings. The van der Waals surface area contributed by atoms with Crippen molar-refractivity contribution < 1.29 is 9.47 Å². The first-order valence-electron chi connectivity index (χ1n) is 9.01. The summed E-state index contributed by atoms with van der Waals surface area (Å²) in [6.07, 6.45) is 7.22. The van der Waals surface area contributed by atoms with Crippen LogP contribution in [-0.4, -0.2) is 47.3 Å². The van der Waals surface area contributed by atoms with Crippen molar-refractivity contribution in [2.45, 2.75) is 38.8 Å². The van der Waals surface area contributed by atoms with Gasteiger partial charge in [0.1, 0.15) is 5.75 Å². The fraction of sp³-hybridized carbons (Fsp3) is 0.579. The zero-order valence-electron chi connectivity index (χ0n) is 14.7. The Morgan fingerprint density at radius 1 is 1.48 bits per heavy atom. The molecule has 0 N–H and O–H groups in total. The summed E-state index contributed by atoms with van der Waals surface area (Å²) in [5, 5.41) is 0. The maximum absolute atomic E-state index is 6.15. The molecule has 5 nitrogen and oxygen atoms in total. The van der Waals surface area contributed by atoms with Crippen molar-refractivity contribution in [1.82, 2.24) is 14.9 Å². The number of fused-ring (bicyclic) bond motifs is 1. The fourth-order valence-electron chi connectivity index (χ4n) is 4.07. The average Bonchev–Trinajstić information content (AvgIpc) is 3.05. The van der Waals surface area contributed by atoms with Gasteiger partial charge in [-0.15, -0.1) is 11.3 Å². The molecule has 4 heterocycles. The van der Waals surface area contributed by atoms with Gasteiger partial charge in [-0.25, -0.2) is 4.98 Å². The number of likely N-dealkylation sites (tertiary alicyclic amines) is 1. The molecule has 2 saturated heterocycles. The lowest BCUT2D eigenvalue weighted by Gasteiger charge is -2.50. The summed E-state index contributed by atoms with van der Waals surface area (Å²) in [6.45, 7) is 6.77. The number of hydrogen-bond acceptors (Lipinski definition) is 6. The number of aromatic nitrogens is 2. The summed E-state index contributed by atoms with van der Waals surface area (Å²) in [6, 6.07) is 3.89. The van der Waals surface area contributed by atoms with E-state index >= 15 is 0 Å². The Morgan fingerprint density at radius 3 is 3.24 bits per heavy atom. The molecule has 2 aliphatic heterocycles. The fourth-order valence-corrected chi connectivity index (χ4v) is 4.89. The smallest absolute Gasteiger partial charge is 0.137 e. The van der Waals surface area contributed by atoms with E-state index in [9.17, 15) is 0 Å². The van der Waals surface area contributed by atoms with Crippen molar-refractivity contribution in [3.05, 3.63) is 40.6 Å². The SMILES string of the molecule is Cc1ncsc1CN1CC[C@H]2OCCC[C@]2(COc2cccnc2)C1. The van der Waals surface area contributed by atoms with Gasteiger partial charge in [-0.3, -0.25) is 9.88 Å². The van der Waals surface area contributed by atoms with Crippen LogP contribution in [0.5, 0.6) is 5.75 Å². The van der Waals surface area contributed by atoms with Crippen molar-refractivity contribution in [1.29, 1.82) is 0 Å². The molecule has 0 bridgehead atoms. The molecule has 0 unspecified atom stereocenters. The standard InChI is InChI=1S/C19H25N3O2S/c1-15-17(25-14-21-15)11-22-8-5-18-19(12-22,6-3-9-23-18)13-24-16-4-2-7-20-10-16/h2,4,7,10,14,18H,3,5-6,8-9,11-13H2,1H3/t18-,19-/m1/s1. The Balaban J connectivity index is 1.48. The van der Waals surface area contributed by atoms with Crippen LogP contribution in [0.3, 0.4) is 0 Å². The van der Waals surface area contributed by atoms with E-state index in [2.05, 4.69) is 21.8 Å². The zero-order valence-corrected chi connectivity index (χ0v) is 15.5. The van der Waals surface area contributed by atoms with E-state index in [1.807, 2.05) is 17.6 Å². The summed E-state index contributed by atoms with van der Waals surface area (Å²) < 4.78 is 12.3. The van der Waals surface area contributed by atoms with Crippen LogP contribution >= 0.6 is 11.3 Å². The lowest BCUT2D eigenvalue weighted by molar-refractivity contribution is -0.140. The Labute approximate surface area is 153 Å². The number of piperidine rings is 1. The van der Waals surface area contributed by atoms with Crippen LogP contribution in [0.1, 0.15) is 29.8 Å². The van der Waals surface area contributed by atoms with Gasteiger partial charge in [0.25, 0.3) is 0 Å². The van der Waals surface area contributed by atoms with Crippen molar-refractivity contribution in [3.63, 3.8) is 0 Å². The molecule has 2 aliphatic rings. The number of nitrogens with zero attached hydrogens (tertiary/aromatic N) is 3. The Hall–Kier alpha value is -1.50. The third-order valence-corrected chi connectivity index (χ3v) is 6.36. The van der Waals surface area contributed by atoms with E-state index in [1.165, 1.54) is 4.88 Å². The van der Waals surface area contributed by atoms with Crippen molar-refractivity contribution in [3.8, 4) is 5.75 Å². The maximum Gasteiger partial charge on any atom is 0.137 e. The monoisotopic (exact) mass is 359 g/mol. The molecular weight excluding hydrogens is 334 g/mol.